The zero-order valence-electron chi connectivity index (χ0n) is 10.2. The van der Waals surface area contributed by atoms with E-state index in [9.17, 15) is 4.21 Å². The van der Waals surface area contributed by atoms with E-state index < -0.39 is 11.2 Å². The number of nitrogens with two attached hydrogens (primary N) is 1. The minimum atomic E-state index is -1.61. The second kappa shape index (κ2) is 8.29. The van der Waals surface area contributed by atoms with Gasteiger partial charge in [0, 0.05) is 13.6 Å². The lowest BCUT2D eigenvalue weighted by atomic mass is 10.1. The number of nitrogens with zero attached hydrogens (tertiary/aromatic N) is 1. The van der Waals surface area contributed by atoms with Gasteiger partial charge in [-0.15, -0.1) is 0 Å². The molecule has 0 aromatic heterocycles. The van der Waals surface area contributed by atoms with E-state index in [1.165, 1.54) is 0 Å². The van der Waals surface area contributed by atoms with Crippen LogP contribution in [-0.2, 0) is 11.2 Å². The molecule has 0 radical (unpaired) electrons. The summed E-state index contributed by atoms with van der Waals surface area (Å²) in [7, 11) is 1.73. The van der Waals surface area contributed by atoms with Gasteiger partial charge in [-0.05, 0) is 18.8 Å². The third-order valence-corrected chi connectivity index (χ3v) is 2.39. The van der Waals surface area contributed by atoms with Crippen molar-refractivity contribution < 1.29 is 4.21 Å². The van der Waals surface area contributed by atoms with Crippen molar-refractivity contribution in [3.63, 3.8) is 0 Å². The second-order valence-electron chi connectivity index (χ2n) is 3.89. The Bertz CT molecular complexity index is 276. The zero-order chi connectivity index (χ0) is 12.6. The maximum absolute atomic E-state index is 10.8. The fourth-order valence-electron chi connectivity index (χ4n) is 1.09. The Morgan fingerprint density at radius 2 is 2.19 bits per heavy atom. The molecule has 0 saturated carbocycles. The maximum atomic E-state index is 10.8. The van der Waals surface area contributed by atoms with E-state index in [4.69, 9.17) is 5.14 Å². The van der Waals surface area contributed by atoms with E-state index in [0.717, 1.165) is 12.8 Å². The summed E-state index contributed by atoms with van der Waals surface area (Å²) in [6.45, 7) is 8.77. The summed E-state index contributed by atoms with van der Waals surface area (Å²) < 4.78 is 13.4. The first-order valence-electron chi connectivity index (χ1n) is 5.31. The molecule has 0 bridgehead atoms. The van der Waals surface area contributed by atoms with Crippen LogP contribution in [0.5, 0.6) is 0 Å². The molecule has 0 aliphatic heterocycles. The van der Waals surface area contributed by atoms with Gasteiger partial charge in [0.1, 0.15) is 0 Å². The largest absolute Gasteiger partial charge is 0.386 e. The average Bonchev–Trinajstić information content (AvgIpc) is 2.20. The van der Waals surface area contributed by atoms with E-state index in [0.29, 0.717) is 24.0 Å². The molecule has 0 aromatic rings. The van der Waals surface area contributed by atoms with Gasteiger partial charge in [-0.25, -0.2) is 9.35 Å². The Balaban J connectivity index is 4.22. The number of rotatable bonds is 7. The minimum absolute atomic E-state index is 0.465. The monoisotopic (exact) mass is 246 g/mol. The van der Waals surface area contributed by atoms with Gasteiger partial charge in [0.15, 0.2) is 17.0 Å². The van der Waals surface area contributed by atoms with Crippen LogP contribution in [0.4, 0.5) is 0 Å². The van der Waals surface area contributed by atoms with Crippen molar-refractivity contribution >= 4 is 17.0 Å². The first-order valence-corrected chi connectivity index (χ1v) is 6.53. The number of amidine groups is 1. The third-order valence-electron chi connectivity index (χ3n) is 1.99. The van der Waals surface area contributed by atoms with Gasteiger partial charge in [-0.3, -0.25) is 9.71 Å². The van der Waals surface area contributed by atoms with Gasteiger partial charge >= 0.3 is 0 Å². The number of aliphatic imine (C=N–C) groups is 1. The normalized spacial score (nSPS) is 13.7. The highest BCUT2D eigenvalue weighted by atomic mass is 32.2. The van der Waals surface area contributed by atoms with Gasteiger partial charge in [0.05, 0.1) is 5.70 Å². The second-order valence-corrected chi connectivity index (χ2v) is 4.69. The molecule has 0 aromatic carbocycles. The van der Waals surface area contributed by atoms with E-state index in [2.05, 4.69) is 35.5 Å². The SMILES string of the molecule is C=C(NC)C(=NCCCC(C)C)NS(N)=O. The van der Waals surface area contributed by atoms with Crippen molar-refractivity contribution in [2.24, 2.45) is 16.0 Å². The number of likely N-dealkylation sites (N-methyl/N-ethyl adjacent to an activating group) is 1. The van der Waals surface area contributed by atoms with Crippen LogP contribution >= 0.6 is 0 Å². The van der Waals surface area contributed by atoms with Crippen LogP contribution in [0.2, 0.25) is 0 Å². The molecular weight excluding hydrogens is 224 g/mol. The Morgan fingerprint density at radius 3 is 2.62 bits per heavy atom. The van der Waals surface area contributed by atoms with Crippen LogP contribution < -0.4 is 15.2 Å². The highest BCUT2D eigenvalue weighted by molar-refractivity contribution is 7.81. The molecule has 0 aliphatic carbocycles. The summed E-state index contributed by atoms with van der Waals surface area (Å²) in [5, 5.41) is 7.99. The van der Waals surface area contributed by atoms with Crippen molar-refractivity contribution in [1.29, 1.82) is 0 Å². The van der Waals surface area contributed by atoms with E-state index in [1.807, 2.05) is 0 Å². The molecule has 0 heterocycles. The molecule has 16 heavy (non-hydrogen) atoms. The minimum Gasteiger partial charge on any atom is -0.386 e. The number of nitrogens with one attached hydrogen (secondary N) is 2. The number of hydrogen-bond acceptors (Lipinski definition) is 3. The van der Waals surface area contributed by atoms with Crippen LogP contribution in [0.25, 0.3) is 0 Å². The van der Waals surface area contributed by atoms with Crippen LogP contribution in [0.15, 0.2) is 17.3 Å². The smallest absolute Gasteiger partial charge is 0.192 e. The van der Waals surface area contributed by atoms with E-state index in [1.54, 1.807) is 7.05 Å². The van der Waals surface area contributed by atoms with Crippen LogP contribution in [-0.4, -0.2) is 23.6 Å². The number of hydrogen-bond donors (Lipinski definition) is 3. The van der Waals surface area contributed by atoms with Crippen molar-refractivity contribution in [3.05, 3.63) is 12.3 Å². The molecule has 4 N–H and O–H groups in total. The third kappa shape index (κ3) is 7.42. The molecule has 0 amide bonds. The summed E-state index contributed by atoms with van der Waals surface area (Å²) in [6, 6.07) is 0. The Kier molecular flexibility index (Phi) is 7.84. The molecule has 94 valence electrons. The van der Waals surface area contributed by atoms with Crippen LogP contribution in [0, 0.1) is 5.92 Å². The van der Waals surface area contributed by atoms with Crippen molar-refractivity contribution in [2.45, 2.75) is 26.7 Å². The van der Waals surface area contributed by atoms with Gasteiger partial charge in [0.2, 0.25) is 0 Å². The van der Waals surface area contributed by atoms with Gasteiger partial charge in [-0.1, -0.05) is 20.4 Å². The fraction of sp³-hybridized carbons (Fsp3) is 0.700. The molecule has 0 spiro atoms. The summed E-state index contributed by atoms with van der Waals surface area (Å²) >= 11 is -1.61. The quantitative estimate of drug-likeness (QED) is 0.351. The van der Waals surface area contributed by atoms with Crippen LogP contribution in [0.1, 0.15) is 26.7 Å². The molecule has 5 nitrogen and oxygen atoms in total. The molecule has 6 heteroatoms. The Labute approximate surface area is 100 Å². The first kappa shape index (κ1) is 15.1. The zero-order valence-corrected chi connectivity index (χ0v) is 11.1. The topological polar surface area (TPSA) is 79.5 Å². The lowest BCUT2D eigenvalue weighted by Crippen LogP contribution is -2.35. The summed E-state index contributed by atoms with van der Waals surface area (Å²) in [6.07, 6.45) is 2.12. The Morgan fingerprint density at radius 1 is 1.56 bits per heavy atom. The van der Waals surface area contributed by atoms with Crippen LogP contribution in [0.3, 0.4) is 0 Å². The van der Waals surface area contributed by atoms with Gasteiger partial charge < -0.3 is 5.32 Å². The van der Waals surface area contributed by atoms with Crippen molar-refractivity contribution in [2.75, 3.05) is 13.6 Å². The Hall–Kier alpha value is -0.880. The summed E-state index contributed by atoms with van der Waals surface area (Å²) in [5.74, 6) is 1.13. The van der Waals surface area contributed by atoms with E-state index >= 15 is 0 Å². The maximum Gasteiger partial charge on any atom is 0.192 e. The first-order chi connectivity index (χ1) is 7.47. The lowest BCUT2D eigenvalue weighted by molar-refractivity contribution is 0.561. The highest BCUT2D eigenvalue weighted by Gasteiger charge is 2.04. The standard InChI is InChI=1S/C10H22N4OS/c1-8(2)6-5-7-13-10(9(3)12-4)14-16(11)15/h8,12H,3,5-7,11H2,1-2,4H3,(H,13,14). The molecule has 1 unspecified atom stereocenters. The van der Waals surface area contributed by atoms with Gasteiger partial charge in [-0.2, -0.15) is 0 Å². The molecule has 1 atom stereocenters. The fourth-order valence-corrected chi connectivity index (χ4v) is 1.47. The van der Waals surface area contributed by atoms with Gasteiger partial charge in [0.25, 0.3) is 0 Å². The van der Waals surface area contributed by atoms with E-state index in [-0.39, 0.29) is 0 Å². The molecule has 0 rings (SSSR count). The molecule has 0 saturated heterocycles. The summed E-state index contributed by atoms with van der Waals surface area (Å²) in [5.41, 5.74) is 0.586. The average molecular weight is 246 g/mol. The van der Waals surface area contributed by atoms with Crippen molar-refractivity contribution in [1.82, 2.24) is 10.0 Å². The lowest BCUT2D eigenvalue weighted by Gasteiger charge is -2.09. The molecule has 0 aliphatic rings. The summed E-state index contributed by atoms with van der Waals surface area (Å²) in [4.78, 5) is 4.28. The molecular formula is C10H22N4OS. The highest BCUT2D eigenvalue weighted by Crippen LogP contribution is 2.03. The predicted molar refractivity (Wildman–Crippen MR) is 70.0 cm³/mol. The van der Waals surface area contributed by atoms with Crippen molar-refractivity contribution in [3.8, 4) is 0 Å². The predicted octanol–water partition coefficient (Wildman–Crippen LogP) is 0.681. The molecule has 0 fully saturated rings.